The molecule has 0 fully saturated rings. The van der Waals surface area contributed by atoms with Crippen molar-refractivity contribution in [2.75, 3.05) is 0 Å². The van der Waals surface area contributed by atoms with E-state index >= 15 is 0 Å². The van der Waals surface area contributed by atoms with Crippen molar-refractivity contribution in [2.24, 2.45) is 0 Å². The van der Waals surface area contributed by atoms with Crippen LogP contribution in [0.25, 0.3) is 10.6 Å². The minimum Gasteiger partial charge on any atom is -0.241 e. The van der Waals surface area contributed by atoms with E-state index in [0.29, 0.717) is 28.4 Å². The zero-order chi connectivity index (χ0) is 15.2. The van der Waals surface area contributed by atoms with E-state index < -0.39 is 15.1 Å². The molecule has 2 rings (SSSR count). The van der Waals surface area contributed by atoms with Gasteiger partial charge in [0.1, 0.15) is 9.90 Å². The predicted molar refractivity (Wildman–Crippen MR) is 73.2 cm³/mol. The lowest BCUT2D eigenvalue weighted by Gasteiger charge is -2.40. The van der Waals surface area contributed by atoms with Crippen LogP contribution in [0.4, 0.5) is 19.4 Å². The van der Waals surface area contributed by atoms with Gasteiger partial charge >= 0.3 is 10.2 Å². The number of alkyl halides is 1. The highest BCUT2D eigenvalue weighted by atomic mass is 35.5. The van der Waals surface area contributed by atoms with Crippen LogP contribution in [-0.2, 0) is 5.88 Å². The largest absolute Gasteiger partial charge is 0.310 e. The van der Waals surface area contributed by atoms with Gasteiger partial charge in [0, 0.05) is 10.4 Å². The Kier molecular flexibility index (Phi) is 3.17. The SMILES string of the molecule is Cc1nc(-c2ccc(S(F)(F)(F)(F)F)cc2)sc1CCl. The van der Waals surface area contributed by atoms with E-state index in [0.717, 1.165) is 17.0 Å². The maximum Gasteiger partial charge on any atom is 0.310 e. The third kappa shape index (κ3) is 3.24. The van der Waals surface area contributed by atoms with Crippen molar-refractivity contribution in [2.45, 2.75) is 17.7 Å². The second-order valence-electron chi connectivity index (χ2n) is 4.15. The quantitative estimate of drug-likeness (QED) is 0.454. The Morgan fingerprint density at radius 2 is 1.65 bits per heavy atom. The highest BCUT2D eigenvalue weighted by Crippen LogP contribution is 3.02. The van der Waals surface area contributed by atoms with Gasteiger partial charge in [-0.25, -0.2) is 4.98 Å². The third-order valence-electron chi connectivity index (χ3n) is 2.56. The summed E-state index contributed by atoms with van der Waals surface area (Å²) in [6.45, 7) is 1.72. The minimum atomic E-state index is -9.61. The van der Waals surface area contributed by atoms with E-state index in [4.69, 9.17) is 11.6 Å². The van der Waals surface area contributed by atoms with Gasteiger partial charge < -0.3 is 0 Å². The molecule has 0 bridgehead atoms. The van der Waals surface area contributed by atoms with Gasteiger partial charge in [-0.05, 0) is 19.1 Å². The van der Waals surface area contributed by atoms with Gasteiger partial charge in [-0.15, -0.1) is 22.9 Å². The Morgan fingerprint density at radius 3 is 2.05 bits per heavy atom. The third-order valence-corrected chi connectivity index (χ3v) is 5.36. The van der Waals surface area contributed by atoms with Crippen molar-refractivity contribution in [3.8, 4) is 10.6 Å². The van der Waals surface area contributed by atoms with E-state index in [1.165, 1.54) is 11.3 Å². The first-order valence-electron chi connectivity index (χ1n) is 5.27. The summed E-state index contributed by atoms with van der Waals surface area (Å²) in [6.07, 6.45) is 0. The van der Waals surface area contributed by atoms with Crippen LogP contribution in [0.3, 0.4) is 0 Å². The normalized spacial score (nSPS) is 15.8. The Morgan fingerprint density at radius 1 is 1.10 bits per heavy atom. The van der Waals surface area contributed by atoms with Crippen LogP contribution in [0, 0.1) is 6.92 Å². The molecule has 0 aliphatic rings. The Bertz CT molecular complexity index is 648. The average Bonchev–Trinajstić information content (AvgIpc) is 2.68. The summed E-state index contributed by atoms with van der Waals surface area (Å²) in [5, 5.41) is 0.451. The zero-order valence-corrected chi connectivity index (χ0v) is 12.4. The summed E-state index contributed by atoms with van der Waals surface area (Å²) in [5.41, 5.74) is 1.02. The number of aromatic nitrogens is 1. The zero-order valence-electron chi connectivity index (χ0n) is 10.0. The van der Waals surface area contributed by atoms with Gasteiger partial charge in [0.15, 0.2) is 0 Å². The molecule has 0 aliphatic carbocycles. The summed E-state index contributed by atoms with van der Waals surface area (Å²) in [7, 11) is -9.61. The van der Waals surface area contributed by atoms with Crippen molar-refractivity contribution >= 4 is 33.2 Å². The molecule has 0 unspecified atom stereocenters. The maximum absolute atomic E-state index is 12.6. The molecule has 0 amide bonds. The number of aryl methyl sites for hydroxylation is 1. The molecule has 0 saturated carbocycles. The molecule has 0 spiro atoms. The van der Waals surface area contributed by atoms with Crippen LogP contribution in [0.5, 0.6) is 0 Å². The van der Waals surface area contributed by atoms with E-state index in [1.54, 1.807) is 6.92 Å². The molecule has 0 atom stereocenters. The molecular formula is C11H9ClF5NS2. The first-order valence-corrected chi connectivity index (χ1v) is 8.58. The van der Waals surface area contributed by atoms with Gasteiger partial charge in [-0.3, -0.25) is 0 Å². The standard InChI is InChI=1S/C11H9ClF5NS2/c1-7-10(6-12)19-11(18-7)8-2-4-9(5-3-8)20(13,14,15,16)17/h2-5H,6H2,1H3. The van der Waals surface area contributed by atoms with Crippen molar-refractivity contribution in [1.29, 1.82) is 0 Å². The number of halogens is 6. The van der Waals surface area contributed by atoms with Crippen LogP contribution in [0.2, 0.25) is 0 Å². The number of thiazole rings is 1. The fourth-order valence-electron chi connectivity index (χ4n) is 1.53. The molecule has 0 aliphatic heterocycles. The van der Waals surface area contributed by atoms with Gasteiger partial charge in [0.2, 0.25) is 0 Å². The Balaban J connectivity index is 2.43. The highest BCUT2D eigenvalue weighted by molar-refractivity contribution is 8.45. The van der Waals surface area contributed by atoms with E-state index in [2.05, 4.69) is 4.98 Å². The van der Waals surface area contributed by atoms with E-state index in [-0.39, 0.29) is 5.88 Å². The summed E-state index contributed by atoms with van der Waals surface area (Å²) < 4.78 is 62.9. The number of hydrogen-bond acceptors (Lipinski definition) is 2. The van der Waals surface area contributed by atoms with Crippen molar-refractivity contribution in [3.63, 3.8) is 0 Å². The minimum absolute atomic E-state index is 0.243. The van der Waals surface area contributed by atoms with Crippen LogP contribution in [0.1, 0.15) is 10.6 Å². The van der Waals surface area contributed by atoms with Crippen LogP contribution >= 0.6 is 33.2 Å². The lowest BCUT2D eigenvalue weighted by molar-refractivity contribution is 0.364. The molecule has 9 heteroatoms. The van der Waals surface area contributed by atoms with E-state index in [1.807, 2.05) is 0 Å². The monoisotopic (exact) mass is 349 g/mol. The lowest BCUT2D eigenvalue weighted by atomic mass is 10.2. The van der Waals surface area contributed by atoms with Crippen molar-refractivity contribution in [1.82, 2.24) is 4.98 Å². The fourth-order valence-corrected chi connectivity index (χ4v) is 3.46. The summed E-state index contributed by atoms with van der Waals surface area (Å²) in [5.74, 6) is 0.243. The van der Waals surface area contributed by atoms with Gasteiger partial charge in [0.25, 0.3) is 0 Å². The van der Waals surface area contributed by atoms with E-state index in [9.17, 15) is 19.4 Å². The van der Waals surface area contributed by atoms with Crippen LogP contribution in [-0.4, -0.2) is 4.98 Å². The molecule has 0 radical (unpaired) electrons. The molecule has 1 heterocycles. The maximum atomic E-state index is 12.6. The van der Waals surface area contributed by atoms with Crippen LogP contribution < -0.4 is 0 Å². The summed E-state index contributed by atoms with van der Waals surface area (Å²) in [6, 6.07) is 2.75. The molecule has 20 heavy (non-hydrogen) atoms. The molecular weight excluding hydrogens is 341 g/mol. The summed E-state index contributed by atoms with van der Waals surface area (Å²) >= 11 is 6.90. The molecule has 1 nitrogen and oxygen atoms in total. The van der Waals surface area contributed by atoms with Crippen molar-refractivity contribution in [3.05, 3.63) is 34.8 Å². The second kappa shape index (κ2) is 4.08. The predicted octanol–water partition coefficient (Wildman–Crippen LogP) is 6.51. The summed E-state index contributed by atoms with van der Waals surface area (Å²) in [4.78, 5) is 3.04. The molecule has 0 saturated heterocycles. The van der Waals surface area contributed by atoms with Gasteiger partial charge in [-0.2, -0.15) is 0 Å². The number of nitrogens with zero attached hydrogens (tertiary/aromatic N) is 1. The number of rotatable bonds is 3. The Labute approximate surface area is 121 Å². The molecule has 1 aromatic carbocycles. The lowest BCUT2D eigenvalue weighted by Crippen LogP contribution is -2.05. The van der Waals surface area contributed by atoms with Crippen molar-refractivity contribution < 1.29 is 19.4 Å². The Hall–Kier alpha value is -0.860. The first-order chi connectivity index (χ1) is 8.90. The topological polar surface area (TPSA) is 12.9 Å². The number of benzene rings is 1. The van der Waals surface area contributed by atoms with Gasteiger partial charge in [-0.1, -0.05) is 31.6 Å². The second-order valence-corrected chi connectivity index (χ2v) is 7.91. The highest BCUT2D eigenvalue weighted by Gasteiger charge is 2.65. The molecule has 1 aromatic heterocycles. The van der Waals surface area contributed by atoms with Gasteiger partial charge in [0.05, 0.1) is 11.6 Å². The molecule has 2 aromatic rings. The molecule has 0 N–H and O–H groups in total. The fraction of sp³-hybridized carbons (Fsp3) is 0.182. The van der Waals surface area contributed by atoms with Crippen LogP contribution in [0.15, 0.2) is 29.2 Å². The first kappa shape index (κ1) is 15.5. The number of hydrogen-bond donors (Lipinski definition) is 0. The smallest absolute Gasteiger partial charge is 0.241 e. The average molecular weight is 350 g/mol. The molecule has 112 valence electrons.